The summed E-state index contributed by atoms with van der Waals surface area (Å²) >= 11 is 3.43. The minimum absolute atomic E-state index is 0.0317. The van der Waals surface area contributed by atoms with Gasteiger partial charge in [-0.25, -0.2) is 0 Å². The summed E-state index contributed by atoms with van der Waals surface area (Å²) < 4.78 is 6.19. The highest BCUT2D eigenvalue weighted by Gasteiger charge is 2.45. The Hall–Kier alpha value is -2.34. The average molecular weight is 431 g/mol. The maximum atomic E-state index is 12.8. The predicted molar refractivity (Wildman–Crippen MR) is 109 cm³/mol. The van der Waals surface area contributed by atoms with Crippen LogP contribution in [0.5, 0.6) is 5.75 Å². The standard InChI is InChI=1S/C21H23BrN2O3/c1-3-24(13-20(25)23-16-5-4-6-17(11-16)27-2)21(26)19-12-18(19)14-7-9-15(22)10-8-14/h4-11,18-19H,3,12-13H2,1-2H3,(H,23,25). The van der Waals surface area contributed by atoms with E-state index in [0.717, 1.165) is 10.9 Å². The first kappa shape index (κ1) is 19.4. The number of ether oxygens (including phenoxy) is 1. The second-order valence-corrected chi connectivity index (χ2v) is 7.55. The van der Waals surface area contributed by atoms with Crippen molar-refractivity contribution in [2.45, 2.75) is 19.3 Å². The molecular formula is C21H23BrN2O3. The predicted octanol–water partition coefficient (Wildman–Crippen LogP) is 4.05. The first-order valence-corrected chi connectivity index (χ1v) is 9.79. The molecular weight excluding hydrogens is 408 g/mol. The van der Waals surface area contributed by atoms with Crippen molar-refractivity contribution in [1.82, 2.24) is 4.90 Å². The third-order valence-electron chi connectivity index (χ3n) is 4.79. The Morgan fingerprint density at radius 2 is 1.96 bits per heavy atom. The van der Waals surface area contributed by atoms with E-state index >= 15 is 0 Å². The minimum atomic E-state index is -0.209. The van der Waals surface area contributed by atoms with Crippen LogP contribution >= 0.6 is 15.9 Å². The Labute approximate surface area is 167 Å². The van der Waals surface area contributed by atoms with E-state index in [2.05, 4.69) is 21.2 Å². The van der Waals surface area contributed by atoms with E-state index in [1.807, 2.05) is 43.3 Å². The molecule has 27 heavy (non-hydrogen) atoms. The molecule has 1 aliphatic carbocycles. The van der Waals surface area contributed by atoms with Crippen LogP contribution < -0.4 is 10.1 Å². The van der Waals surface area contributed by atoms with E-state index in [4.69, 9.17) is 4.74 Å². The van der Waals surface area contributed by atoms with Crippen molar-refractivity contribution in [3.8, 4) is 5.75 Å². The van der Waals surface area contributed by atoms with Gasteiger partial charge in [0.1, 0.15) is 5.75 Å². The van der Waals surface area contributed by atoms with Crippen LogP contribution in [0.2, 0.25) is 0 Å². The zero-order chi connectivity index (χ0) is 19.4. The van der Waals surface area contributed by atoms with Crippen molar-refractivity contribution in [3.63, 3.8) is 0 Å². The molecule has 0 spiro atoms. The molecule has 2 amide bonds. The molecule has 1 saturated carbocycles. The van der Waals surface area contributed by atoms with E-state index in [0.29, 0.717) is 18.0 Å². The van der Waals surface area contributed by atoms with E-state index in [9.17, 15) is 9.59 Å². The summed E-state index contributed by atoms with van der Waals surface area (Å²) in [5.74, 6) is 0.730. The first-order chi connectivity index (χ1) is 13.0. The van der Waals surface area contributed by atoms with Gasteiger partial charge in [0.05, 0.1) is 13.7 Å². The quantitative estimate of drug-likeness (QED) is 0.720. The van der Waals surface area contributed by atoms with E-state index < -0.39 is 0 Å². The lowest BCUT2D eigenvalue weighted by Gasteiger charge is -2.20. The minimum Gasteiger partial charge on any atom is -0.497 e. The lowest BCUT2D eigenvalue weighted by atomic mass is 10.1. The fourth-order valence-electron chi connectivity index (χ4n) is 3.20. The fourth-order valence-corrected chi connectivity index (χ4v) is 3.47. The molecule has 1 N–H and O–H groups in total. The van der Waals surface area contributed by atoms with Crippen molar-refractivity contribution in [2.24, 2.45) is 5.92 Å². The highest BCUT2D eigenvalue weighted by molar-refractivity contribution is 9.10. The number of halogens is 1. The normalized spacial score (nSPS) is 17.9. The molecule has 3 rings (SSSR count). The summed E-state index contributed by atoms with van der Waals surface area (Å²) in [6, 6.07) is 15.3. The Morgan fingerprint density at radius 1 is 1.22 bits per heavy atom. The summed E-state index contributed by atoms with van der Waals surface area (Å²) in [5, 5.41) is 2.83. The molecule has 1 aliphatic rings. The van der Waals surface area contributed by atoms with Crippen LogP contribution in [0.1, 0.15) is 24.8 Å². The summed E-state index contributed by atoms with van der Waals surface area (Å²) in [4.78, 5) is 26.8. The van der Waals surface area contributed by atoms with Crippen LogP contribution in [0.15, 0.2) is 53.0 Å². The van der Waals surface area contributed by atoms with Crippen LogP contribution in [0, 0.1) is 5.92 Å². The van der Waals surface area contributed by atoms with Gasteiger partial charge in [0, 0.05) is 28.7 Å². The lowest BCUT2D eigenvalue weighted by Crippen LogP contribution is -2.39. The molecule has 0 aromatic heterocycles. The highest BCUT2D eigenvalue weighted by atomic mass is 79.9. The van der Waals surface area contributed by atoms with Crippen LogP contribution in [0.4, 0.5) is 5.69 Å². The van der Waals surface area contributed by atoms with Crippen LogP contribution in [-0.4, -0.2) is 36.9 Å². The second kappa shape index (κ2) is 8.57. The Kier molecular flexibility index (Phi) is 6.16. The SMILES string of the molecule is CCN(CC(=O)Nc1cccc(OC)c1)C(=O)C1CC1c1ccc(Br)cc1. The smallest absolute Gasteiger partial charge is 0.243 e. The topological polar surface area (TPSA) is 58.6 Å². The van der Waals surface area contributed by atoms with Gasteiger partial charge < -0.3 is 15.0 Å². The Balaban J connectivity index is 1.57. The molecule has 0 bridgehead atoms. The lowest BCUT2D eigenvalue weighted by molar-refractivity contribution is -0.135. The Bertz CT molecular complexity index is 822. The molecule has 0 aliphatic heterocycles. The number of likely N-dealkylation sites (N-methyl/N-ethyl adjacent to an activating group) is 1. The number of nitrogens with zero attached hydrogens (tertiary/aromatic N) is 1. The summed E-state index contributed by atoms with van der Waals surface area (Å²) in [5.41, 5.74) is 1.83. The van der Waals surface area contributed by atoms with Crippen molar-refractivity contribution in [3.05, 3.63) is 58.6 Å². The van der Waals surface area contributed by atoms with Crippen molar-refractivity contribution in [2.75, 3.05) is 25.5 Å². The Morgan fingerprint density at radius 3 is 2.63 bits per heavy atom. The number of carbonyl (C=O) groups is 2. The van der Waals surface area contributed by atoms with Gasteiger partial charge in [-0.05, 0) is 49.1 Å². The second-order valence-electron chi connectivity index (χ2n) is 6.63. The van der Waals surface area contributed by atoms with E-state index in [-0.39, 0.29) is 30.2 Å². The van der Waals surface area contributed by atoms with Crippen molar-refractivity contribution < 1.29 is 14.3 Å². The monoisotopic (exact) mass is 430 g/mol. The van der Waals surface area contributed by atoms with Crippen molar-refractivity contribution in [1.29, 1.82) is 0 Å². The van der Waals surface area contributed by atoms with Gasteiger partial charge in [-0.2, -0.15) is 0 Å². The van der Waals surface area contributed by atoms with Gasteiger partial charge in [0.25, 0.3) is 0 Å². The maximum absolute atomic E-state index is 12.8. The largest absolute Gasteiger partial charge is 0.497 e. The number of methoxy groups -OCH3 is 1. The number of hydrogen-bond donors (Lipinski definition) is 1. The number of benzene rings is 2. The molecule has 0 saturated heterocycles. The molecule has 2 aromatic carbocycles. The maximum Gasteiger partial charge on any atom is 0.243 e. The molecule has 142 valence electrons. The number of nitrogens with one attached hydrogen (secondary N) is 1. The molecule has 5 nitrogen and oxygen atoms in total. The third kappa shape index (κ3) is 4.89. The van der Waals surface area contributed by atoms with Crippen LogP contribution in [-0.2, 0) is 9.59 Å². The van der Waals surface area contributed by atoms with E-state index in [1.165, 1.54) is 5.56 Å². The number of rotatable bonds is 7. The van der Waals surface area contributed by atoms with Crippen LogP contribution in [0.3, 0.4) is 0 Å². The number of amides is 2. The van der Waals surface area contributed by atoms with E-state index in [1.54, 1.807) is 24.1 Å². The van der Waals surface area contributed by atoms with Crippen LogP contribution in [0.25, 0.3) is 0 Å². The molecule has 2 unspecified atom stereocenters. The van der Waals surface area contributed by atoms with Gasteiger partial charge in [-0.1, -0.05) is 34.1 Å². The molecule has 0 heterocycles. The summed E-state index contributed by atoms with van der Waals surface area (Å²) in [6.45, 7) is 2.46. The number of carbonyl (C=O) groups excluding carboxylic acids is 2. The first-order valence-electron chi connectivity index (χ1n) is 9.00. The number of anilines is 1. The molecule has 1 fully saturated rings. The zero-order valence-corrected chi connectivity index (χ0v) is 17.0. The molecule has 6 heteroatoms. The summed E-state index contributed by atoms with van der Waals surface area (Å²) in [7, 11) is 1.58. The van der Waals surface area contributed by atoms with Crippen molar-refractivity contribution >= 4 is 33.4 Å². The fraction of sp³-hybridized carbons (Fsp3) is 0.333. The average Bonchev–Trinajstić information content (AvgIpc) is 3.47. The van der Waals surface area contributed by atoms with Gasteiger partial charge in [-0.3, -0.25) is 9.59 Å². The molecule has 2 aromatic rings. The highest BCUT2D eigenvalue weighted by Crippen LogP contribution is 2.48. The van der Waals surface area contributed by atoms with Gasteiger partial charge in [0.2, 0.25) is 11.8 Å². The van der Waals surface area contributed by atoms with Gasteiger partial charge in [-0.15, -0.1) is 0 Å². The third-order valence-corrected chi connectivity index (χ3v) is 5.32. The zero-order valence-electron chi connectivity index (χ0n) is 15.4. The van der Waals surface area contributed by atoms with Gasteiger partial charge in [0.15, 0.2) is 0 Å². The number of hydrogen-bond acceptors (Lipinski definition) is 3. The summed E-state index contributed by atoms with van der Waals surface area (Å²) in [6.07, 6.45) is 0.842. The van der Waals surface area contributed by atoms with Gasteiger partial charge >= 0.3 is 0 Å². The molecule has 0 radical (unpaired) electrons. The molecule has 2 atom stereocenters.